The van der Waals surface area contributed by atoms with Gasteiger partial charge in [-0.05, 0) is 57.1 Å². The summed E-state index contributed by atoms with van der Waals surface area (Å²) in [6.45, 7) is 1.12. The van der Waals surface area contributed by atoms with Crippen molar-refractivity contribution in [3.63, 3.8) is 0 Å². The van der Waals surface area contributed by atoms with E-state index in [1.807, 2.05) is 29.2 Å². The Hall–Kier alpha value is -2.61. The van der Waals surface area contributed by atoms with Crippen LogP contribution in [0.5, 0.6) is 0 Å². The lowest BCUT2D eigenvalue weighted by atomic mass is 9.89. The molecule has 1 saturated carbocycles. The predicted octanol–water partition coefficient (Wildman–Crippen LogP) is 4.52. The van der Waals surface area contributed by atoms with Crippen molar-refractivity contribution in [2.75, 3.05) is 18.0 Å². The highest BCUT2D eigenvalue weighted by molar-refractivity contribution is 5.76. The topological polar surface area (TPSA) is 90.7 Å². The molecule has 6 rings (SSSR count). The number of piperidine rings is 1. The molecule has 2 N–H and O–H groups in total. The fourth-order valence-electron chi connectivity index (χ4n) is 7.68. The van der Waals surface area contributed by atoms with Gasteiger partial charge in [0.25, 0.3) is 5.56 Å². The van der Waals surface area contributed by atoms with Gasteiger partial charge in [-0.3, -0.25) is 9.69 Å². The Morgan fingerprint density at radius 3 is 2.31 bits per heavy atom. The minimum Gasteiger partial charge on any atom is -0.465 e. The lowest BCUT2D eigenvalue weighted by Crippen LogP contribution is -2.50. The van der Waals surface area contributed by atoms with Gasteiger partial charge in [-0.15, -0.1) is 0 Å². The zero-order chi connectivity index (χ0) is 24.6. The van der Waals surface area contributed by atoms with Crippen LogP contribution in [-0.4, -0.2) is 62.9 Å². The van der Waals surface area contributed by atoms with Crippen LogP contribution in [0.2, 0.25) is 0 Å². The van der Waals surface area contributed by atoms with Crippen LogP contribution < -0.4 is 15.8 Å². The maximum Gasteiger partial charge on any atom is 0.404 e. The third-order valence-electron chi connectivity index (χ3n) is 9.22. The maximum absolute atomic E-state index is 14.0. The summed E-state index contributed by atoms with van der Waals surface area (Å²) >= 11 is 0. The van der Waals surface area contributed by atoms with Crippen molar-refractivity contribution in [2.24, 2.45) is 0 Å². The first kappa shape index (κ1) is 23.8. The second kappa shape index (κ2) is 10.0. The van der Waals surface area contributed by atoms with E-state index in [1.165, 1.54) is 57.8 Å². The highest BCUT2D eigenvalue weighted by Crippen LogP contribution is 2.44. The minimum atomic E-state index is -1.02. The van der Waals surface area contributed by atoms with Gasteiger partial charge in [0.15, 0.2) is 5.82 Å². The number of fused-ring (bicyclic) bond motifs is 3. The number of carbonyl (C=O) groups is 1. The van der Waals surface area contributed by atoms with E-state index < -0.39 is 6.09 Å². The first-order chi connectivity index (χ1) is 17.6. The summed E-state index contributed by atoms with van der Waals surface area (Å²) < 4.78 is 2.05. The second-order valence-corrected chi connectivity index (χ2v) is 11.4. The van der Waals surface area contributed by atoms with E-state index in [9.17, 15) is 9.59 Å². The summed E-state index contributed by atoms with van der Waals surface area (Å²) in [6.07, 6.45) is 13.8. The van der Waals surface area contributed by atoms with Gasteiger partial charge in [-0.1, -0.05) is 44.2 Å². The van der Waals surface area contributed by atoms with Gasteiger partial charge in [-0.25, -0.2) is 9.78 Å². The van der Waals surface area contributed by atoms with Gasteiger partial charge in [-0.2, -0.15) is 0 Å². The van der Waals surface area contributed by atoms with Crippen LogP contribution in [-0.2, 0) is 0 Å². The van der Waals surface area contributed by atoms with Crippen molar-refractivity contribution >= 4 is 22.9 Å². The van der Waals surface area contributed by atoms with Crippen LogP contribution >= 0.6 is 0 Å². The Morgan fingerprint density at radius 1 is 0.889 bits per heavy atom. The van der Waals surface area contributed by atoms with Gasteiger partial charge in [0.1, 0.15) is 0 Å². The van der Waals surface area contributed by atoms with E-state index in [1.54, 1.807) is 0 Å². The summed E-state index contributed by atoms with van der Waals surface area (Å²) in [5, 5.41) is 11.7. The molecular formula is C28H39N5O3. The molecule has 1 aliphatic carbocycles. The monoisotopic (exact) mass is 493 g/mol. The fraction of sp³-hybridized carbons (Fsp3) is 0.679. The molecule has 8 heteroatoms. The fourth-order valence-corrected chi connectivity index (χ4v) is 7.68. The van der Waals surface area contributed by atoms with Crippen LogP contribution in [0.4, 0.5) is 10.6 Å². The Morgan fingerprint density at radius 2 is 1.58 bits per heavy atom. The van der Waals surface area contributed by atoms with E-state index in [2.05, 4.69) is 14.8 Å². The average molecular weight is 494 g/mol. The molecule has 0 radical (unpaired) electrons. The molecule has 2 aromatic rings. The summed E-state index contributed by atoms with van der Waals surface area (Å²) in [7, 11) is 0. The molecule has 3 aliphatic heterocycles. The average Bonchev–Trinajstić information content (AvgIpc) is 3.39. The quantitative estimate of drug-likeness (QED) is 0.651. The van der Waals surface area contributed by atoms with Crippen LogP contribution in [0.25, 0.3) is 11.0 Å². The van der Waals surface area contributed by atoms with Gasteiger partial charge >= 0.3 is 6.09 Å². The van der Waals surface area contributed by atoms with E-state index in [4.69, 9.17) is 10.1 Å². The van der Waals surface area contributed by atoms with E-state index >= 15 is 0 Å². The number of aromatic nitrogens is 2. The number of amides is 1. The highest BCUT2D eigenvalue weighted by Gasteiger charge is 2.44. The Labute approximate surface area is 212 Å². The smallest absolute Gasteiger partial charge is 0.404 e. The first-order valence-corrected chi connectivity index (χ1v) is 14.1. The zero-order valence-corrected chi connectivity index (χ0v) is 21.1. The number of nitrogens with one attached hydrogen (secondary N) is 1. The van der Waals surface area contributed by atoms with E-state index in [0.29, 0.717) is 43.5 Å². The van der Waals surface area contributed by atoms with Crippen molar-refractivity contribution in [3.05, 3.63) is 34.6 Å². The SMILES string of the molecule is O=C(O)N[C@@H]1CCN(c2nc3ccccc3n([C@H]3C[C@H]4CC[C@@H](C3)N4C3CCCCCCC3)c2=O)C1. The molecule has 4 atom stereocenters. The van der Waals surface area contributed by atoms with Crippen molar-refractivity contribution in [1.82, 2.24) is 19.8 Å². The Balaban J connectivity index is 1.30. The molecule has 4 aliphatic rings. The number of anilines is 1. The van der Waals surface area contributed by atoms with Crippen molar-refractivity contribution in [1.29, 1.82) is 0 Å². The van der Waals surface area contributed by atoms with Crippen LogP contribution in [0.1, 0.15) is 83.1 Å². The number of nitrogens with zero attached hydrogens (tertiary/aromatic N) is 4. The van der Waals surface area contributed by atoms with E-state index in [0.717, 1.165) is 23.9 Å². The van der Waals surface area contributed by atoms with Crippen molar-refractivity contribution in [2.45, 2.75) is 107 Å². The molecule has 194 valence electrons. The number of hydrogen-bond acceptors (Lipinski definition) is 5. The first-order valence-electron chi connectivity index (χ1n) is 14.1. The molecule has 1 aromatic carbocycles. The van der Waals surface area contributed by atoms with E-state index in [-0.39, 0.29) is 17.6 Å². The number of benzene rings is 1. The molecule has 4 heterocycles. The molecule has 2 bridgehead atoms. The molecule has 4 fully saturated rings. The highest BCUT2D eigenvalue weighted by atomic mass is 16.4. The van der Waals surface area contributed by atoms with Crippen LogP contribution in [0.3, 0.4) is 0 Å². The van der Waals surface area contributed by atoms with Gasteiger partial charge < -0.3 is 19.9 Å². The molecular weight excluding hydrogens is 454 g/mol. The zero-order valence-electron chi connectivity index (χ0n) is 21.1. The lowest BCUT2D eigenvalue weighted by molar-refractivity contribution is 0.0498. The third kappa shape index (κ3) is 4.49. The van der Waals surface area contributed by atoms with Gasteiger partial charge in [0, 0.05) is 37.3 Å². The molecule has 0 spiro atoms. The number of para-hydroxylation sites is 2. The summed E-state index contributed by atoms with van der Waals surface area (Å²) in [5.41, 5.74) is 1.75. The minimum absolute atomic E-state index is 0.0199. The molecule has 8 nitrogen and oxygen atoms in total. The molecule has 36 heavy (non-hydrogen) atoms. The maximum atomic E-state index is 14.0. The molecule has 3 saturated heterocycles. The number of hydrogen-bond donors (Lipinski definition) is 2. The van der Waals surface area contributed by atoms with Crippen molar-refractivity contribution < 1.29 is 9.90 Å². The van der Waals surface area contributed by atoms with Gasteiger partial charge in [0.2, 0.25) is 0 Å². The normalized spacial score (nSPS) is 29.8. The summed E-state index contributed by atoms with van der Waals surface area (Å²) in [5.74, 6) is 0.471. The number of rotatable bonds is 4. The molecule has 0 unspecified atom stereocenters. The Bertz CT molecular complexity index is 1140. The van der Waals surface area contributed by atoms with Crippen molar-refractivity contribution in [3.8, 4) is 0 Å². The van der Waals surface area contributed by atoms with Crippen LogP contribution in [0.15, 0.2) is 29.1 Å². The Kier molecular flexibility index (Phi) is 6.63. The van der Waals surface area contributed by atoms with Gasteiger partial charge in [0.05, 0.1) is 17.1 Å². The lowest BCUT2D eigenvalue weighted by Gasteiger charge is -2.45. The standard InChI is InChI=1S/C28H39N5O3/c34-27-26(31-15-14-19(18-31)29-28(35)36)30-24-10-6-7-11-25(24)33(27)23-16-21-12-13-22(17-23)32(21)20-8-4-2-1-3-5-9-20/h6-7,10-11,19-23,29H,1-5,8-9,12-18H2,(H,35,36)/t19-,21-,22+,23+/m1/s1. The molecule has 1 amide bonds. The number of carboxylic acid groups (broad SMARTS) is 1. The second-order valence-electron chi connectivity index (χ2n) is 11.4. The molecule has 1 aromatic heterocycles. The third-order valence-corrected chi connectivity index (χ3v) is 9.22. The summed E-state index contributed by atoms with van der Waals surface area (Å²) in [4.78, 5) is 34.8. The summed E-state index contributed by atoms with van der Waals surface area (Å²) in [6, 6.07) is 9.87. The largest absolute Gasteiger partial charge is 0.465 e. The predicted molar refractivity (Wildman–Crippen MR) is 141 cm³/mol. The van der Waals surface area contributed by atoms with Crippen LogP contribution in [0, 0.1) is 0 Å².